The van der Waals surface area contributed by atoms with Crippen LogP contribution in [0.1, 0.15) is 13.3 Å². The van der Waals surface area contributed by atoms with Crippen LogP contribution in [0, 0.1) is 0 Å². The van der Waals surface area contributed by atoms with Gasteiger partial charge in [0.05, 0.1) is 13.7 Å². The second-order valence-electron chi connectivity index (χ2n) is 2.70. The molecule has 0 aliphatic carbocycles. The molecule has 0 N–H and O–H groups in total. The normalized spacial score (nSPS) is 18.4. The molecule has 64 valence electrons. The molecule has 0 bridgehead atoms. The molecule has 0 spiro atoms. The van der Waals surface area contributed by atoms with E-state index in [1.807, 2.05) is 0 Å². The maximum Gasteiger partial charge on any atom is 0.111 e. The fourth-order valence-corrected chi connectivity index (χ4v) is 1.25. The highest BCUT2D eigenvalue weighted by molar-refractivity contribution is 6.21. The second-order valence-corrected chi connectivity index (χ2v) is 2.70. The number of aliphatic imine (C=N–C) groups is 2. The summed E-state index contributed by atoms with van der Waals surface area (Å²) >= 11 is 0. The molecule has 0 aromatic heterocycles. The molecule has 4 heteroatoms. The van der Waals surface area contributed by atoms with Gasteiger partial charge in [-0.15, -0.1) is 0 Å². The monoisotopic (exact) mass is 163 g/mol. The number of hydrogen-bond donors (Lipinski definition) is 0. The molecular weight excluding hydrogens is 149 g/mol. The predicted molar refractivity (Wildman–Crippen MR) is 53.2 cm³/mol. The molecule has 3 nitrogen and oxygen atoms in total. The van der Waals surface area contributed by atoms with Crippen molar-refractivity contribution in [1.82, 2.24) is 4.90 Å². The van der Waals surface area contributed by atoms with Crippen molar-refractivity contribution >= 4 is 20.0 Å². The summed E-state index contributed by atoms with van der Waals surface area (Å²) in [6.07, 6.45) is 3.20. The van der Waals surface area contributed by atoms with E-state index >= 15 is 0 Å². The number of rotatable bonds is 2. The quantitative estimate of drug-likeness (QED) is 0.551. The summed E-state index contributed by atoms with van der Waals surface area (Å²) in [5, 5.41) is 0. The molecule has 0 amide bonds. The van der Waals surface area contributed by atoms with Gasteiger partial charge in [0.1, 0.15) is 6.34 Å². The summed E-state index contributed by atoms with van der Waals surface area (Å²) in [4.78, 5) is 10.5. The van der Waals surface area contributed by atoms with Crippen molar-refractivity contribution in [3.63, 3.8) is 0 Å². The third-order valence-electron chi connectivity index (χ3n) is 1.93. The minimum atomic E-state index is 0.500. The summed E-state index contributed by atoms with van der Waals surface area (Å²) < 4.78 is 0. The fraction of sp³-hybridized carbons (Fsp3) is 0.750. The number of nitrogens with zero attached hydrogens (tertiary/aromatic N) is 3. The minimum Gasteiger partial charge on any atom is -0.361 e. The Morgan fingerprint density at radius 1 is 1.67 bits per heavy atom. The molecule has 12 heavy (non-hydrogen) atoms. The van der Waals surface area contributed by atoms with E-state index in [2.05, 4.69) is 21.8 Å². The van der Waals surface area contributed by atoms with Gasteiger partial charge >= 0.3 is 0 Å². The zero-order valence-corrected chi connectivity index (χ0v) is 7.53. The Bertz CT molecular complexity index is 189. The van der Waals surface area contributed by atoms with Crippen LogP contribution in [0.4, 0.5) is 0 Å². The maximum absolute atomic E-state index is 5.56. The lowest BCUT2D eigenvalue weighted by Gasteiger charge is -2.24. The van der Waals surface area contributed by atoms with E-state index in [-0.39, 0.29) is 0 Å². The smallest absolute Gasteiger partial charge is 0.111 e. The zero-order chi connectivity index (χ0) is 8.81. The van der Waals surface area contributed by atoms with E-state index < -0.39 is 0 Å². The van der Waals surface area contributed by atoms with E-state index in [0.29, 0.717) is 6.32 Å². The van der Waals surface area contributed by atoms with Crippen LogP contribution in [0.2, 0.25) is 6.32 Å². The molecule has 1 aliphatic heterocycles. The zero-order valence-electron chi connectivity index (χ0n) is 7.53. The Kier molecular flexibility index (Phi) is 3.84. The molecule has 1 aliphatic rings. The molecule has 0 atom stereocenters. The van der Waals surface area contributed by atoms with Crippen molar-refractivity contribution in [3.05, 3.63) is 0 Å². The van der Waals surface area contributed by atoms with Gasteiger partial charge in [-0.05, 0) is 19.7 Å². The van der Waals surface area contributed by atoms with Crippen LogP contribution in [0.25, 0.3) is 0 Å². The van der Waals surface area contributed by atoms with Crippen molar-refractivity contribution < 1.29 is 0 Å². The van der Waals surface area contributed by atoms with Crippen LogP contribution >= 0.6 is 0 Å². The minimum absolute atomic E-state index is 0.500. The first kappa shape index (κ1) is 9.29. The molecule has 0 saturated carbocycles. The van der Waals surface area contributed by atoms with Crippen molar-refractivity contribution in [1.29, 1.82) is 0 Å². The average Bonchev–Trinajstić information content (AvgIpc) is 2.05. The summed E-state index contributed by atoms with van der Waals surface area (Å²) in [5.74, 6) is 0.945. The van der Waals surface area contributed by atoms with Crippen molar-refractivity contribution in [2.75, 3.05) is 19.6 Å². The Morgan fingerprint density at radius 2 is 2.50 bits per heavy atom. The summed E-state index contributed by atoms with van der Waals surface area (Å²) in [6, 6.07) is 0. The molecular formula is C8H14BN3. The third kappa shape index (κ3) is 2.36. The number of amidine groups is 1. The highest BCUT2D eigenvalue weighted by Gasteiger charge is 2.06. The first-order chi connectivity index (χ1) is 5.88. The van der Waals surface area contributed by atoms with E-state index in [4.69, 9.17) is 7.85 Å². The lowest BCUT2D eigenvalue weighted by Crippen LogP contribution is -2.32. The Hall–Kier alpha value is -0.795. The van der Waals surface area contributed by atoms with Gasteiger partial charge in [0.25, 0.3) is 0 Å². The van der Waals surface area contributed by atoms with Gasteiger partial charge in [-0.25, -0.2) is 4.99 Å². The van der Waals surface area contributed by atoms with E-state index in [0.717, 1.165) is 31.9 Å². The van der Waals surface area contributed by atoms with Crippen LogP contribution in [0.5, 0.6) is 0 Å². The van der Waals surface area contributed by atoms with E-state index in [1.54, 1.807) is 6.34 Å². The molecule has 1 rings (SSSR count). The van der Waals surface area contributed by atoms with Gasteiger partial charge in [0.2, 0.25) is 0 Å². The van der Waals surface area contributed by atoms with Gasteiger partial charge in [-0.3, -0.25) is 4.99 Å². The first-order valence-corrected chi connectivity index (χ1v) is 4.38. The highest BCUT2D eigenvalue weighted by atomic mass is 15.2. The van der Waals surface area contributed by atoms with Crippen LogP contribution in [-0.4, -0.2) is 44.6 Å². The van der Waals surface area contributed by atoms with Gasteiger partial charge in [-0.1, -0.05) is 0 Å². The van der Waals surface area contributed by atoms with Gasteiger partial charge in [-0.2, -0.15) is 0 Å². The van der Waals surface area contributed by atoms with Gasteiger partial charge in [0.15, 0.2) is 0 Å². The van der Waals surface area contributed by atoms with E-state index in [9.17, 15) is 0 Å². The Labute approximate surface area is 75.0 Å². The van der Waals surface area contributed by atoms with Crippen LogP contribution < -0.4 is 0 Å². The van der Waals surface area contributed by atoms with E-state index in [1.165, 1.54) is 0 Å². The van der Waals surface area contributed by atoms with Crippen LogP contribution in [-0.2, 0) is 0 Å². The SMILES string of the molecule is [B]CC1=NC=NCCCN1CC. The molecule has 0 aromatic carbocycles. The molecule has 0 saturated heterocycles. The summed E-state index contributed by atoms with van der Waals surface area (Å²) in [7, 11) is 5.56. The molecule has 0 unspecified atom stereocenters. The summed E-state index contributed by atoms with van der Waals surface area (Å²) in [5.41, 5.74) is 0. The maximum atomic E-state index is 5.56. The third-order valence-corrected chi connectivity index (χ3v) is 1.93. The first-order valence-electron chi connectivity index (χ1n) is 4.38. The molecule has 0 fully saturated rings. The van der Waals surface area contributed by atoms with Gasteiger partial charge in [0, 0.05) is 19.6 Å². The topological polar surface area (TPSA) is 28.0 Å². The predicted octanol–water partition coefficient (Wildman–Crippen LogP) is 0.726. The van der Waals surface area contributed by atoms with Crippen molar-refractivity contribution in [2.45, 2.75) is 19.7 Å². The largest absolute Gasteiger partial charge is 0.361 e. The summed E-state index contributed by atoms with van der Waals surface area (Å²) in [6.45, 7) is 4.98. The second kappa shape index (κ2) is 4.96. The fourth-order valence-electron chi connectivity index (χ4n) is 1.25. The average molecular weight is 163 g/mol. The van der Waals surface area contributed by atoms with Crippen molar-refractivity contribution in [3.8, 4) is 0 Å². The lowest BCUT2D eigenvalue weighted by molar-refractivity contribution is 0.430. The van der Waals surface area contributed by atoms with Crippen LogP contribution in [0.3, 0.4) is 0 Å². The van der Waals surface area contributed by atoms with Gasteiger partial charge < -0.3 is 4.90 Å². The lowest BCUT2D eigenvalue weighted by atomic mass is 10.0. The number of hydrogen-bond acceptors (Lipinski definition) is 3. The van der Waals surface area contributed by atoms with Crippen LogP contribution in [0.15, 0.2) is 9.98 Å². The molecule has 2 radical (unpaired) electrons. The van der Waals surface area contributed by atoms with Crippen molar-refractivity contribution in [2.24, 2.45) is 9.98 Å². The highest BCUT2D eigenvalue weighted by Crippen LogP contribution is 2.00. The molecule has 1 heterocycles. The Balaban J connectivity index is 2.68. The standard InChI is InChI=1S/C8H14BN3/c1-2-12-5-3-4-10-7-11-8(12)6-9/h7H,2-6H2,1H3. The Morgan fingerprint density at radius 3 is 3.17 bits per heavy atom. The molecule has 0 aromatic rings.